The van der Waals surface area contributed by atoms with Crippen molar-refractivity contribution in [1.82, 2.24) is 29.7 Å². The zero-order chi connectivity index (χ0) is 22.1. The lowest BCUT2D eigenvalue weighted by Gasteiger charge is -2.24. The van der Waals surface area contributed by atoms with E-state index in [1.54, 1.807) is 40.3 Å². The first-order valence-corrected chi connectivity index (χ1v) is 10.3. The van der Waals surface area contributed by atoms with E-state index in [0.717, 1.165) is 16.7 Å². The maximum absolute atomic E-state index is 13.5. The predicted molar refractivity (Wildman–Crippen MR) is 114 cm³/mol. The minimum atomic E-state index is -0.456. The van der Waals surface area contributed by atoms with E-state index < -0.39 is 6.23 Å². The van der Waals surface area contributed by atoms with Gasteiger partial charge in [0.2, 0.25) is 0 Å². The minimum absolute atomic E-state index is 0.144. The van der Waals surface area contributed by atoms with Crippen LogP contribution in [0.1, 0.15) is 15.9 Å². The molecular formula is C23H21FN6O2. The number of benzene rings is 2. The summed E-state index contributed by atoms with van der Waals surface area (Å²) in [6.45, 7) is 3.25. The number of hydrogen-bond acceptors (Lipinski definition) is 5. The number of carbonyl (C=O) groups is 1. The van der Waals surface area contributed by atoms with Gasteiger partial charge in [-0.3, -0.25) is 9.48 Å². The Labute approximate surface area is 183 Å². The van der Waals surface area contributed by atoms with Crippen LogP contribution in [0.4, 0.5) is 4.39 Å². The number of aryl methyl sites for hydroxylation is 1. The van der Waals surface area contributed by atoms with E-state index in [0.29, 0.717) is 30.9 Å². The molecule has 1 atom stereocenters. The van der Waals surface area contributed by atoms with Crippen LogP contribution in [0.15, 0.2) is 67.3 Å². The lowest BCUT2D eigenvalue weighted by atomic mass is 10.1. The van der Waals surface area contributed by atoms with Gasteiger partial charge in [0.15, 0.2) is 6.23 Å². The molecule has 2 aromatic heterocycles. The topological polar surface area (TPSA) is 78.1 Å². The van der Waals surface area contributed by atoms with Gasteiger partial charge < -0.3 is 9.64 Å². The molecule has 0 aliphatic carbocycles. The quantitative estimate of drug-likeness (QED) is 0.484. The molecule has 4 aromatic rings. The van der Waals surface area contributed by atoms with E-state index in [2.05, 4.69) is 15.3 Å². The van der Waals surface area contributed by atoms with Crippen LogP contribution < -0.4 is 0 Å². The average Bonchev–Trinajstić information content (AvgIpc) is 3.56. The summed E-state index contributed by atoms with van der Waals surface area (Å²) in [6, 6.07) is 11.9. The smallest absolute Gasteiger partial charge is 0.258 e. The van der Waals surface area contributed by atoms with Crippen LogP contribution in [0, 0.1) is 12.7 Å². The minimum Gasteiger partial charge on any atom is -0.354 e. The summed E-state index contributed by atoms with van der Waals surface area (Å²) in [5.74, 6) is -0.426. The molecule has 2 aromatic carbocycles. The molecule has 1 unspecified atom stereocenters. The van der Waals surface area contributed by atoms with E-state index in [-0.39, 0.29) is 11.7 Å². The Morgan fingerprint density at radius 2 is 1.88 bits per heavy atom. The van der Waals surface area contributed by atoms with Gasteiger partial charge in [0.25, 0.3) is 5.91 Å². The zero-order valence-corrected chi connectivity index (χ0v) is 17.4. The fourth-order valence-corrected chi connectivity index (χ4v) is 3.81. The molecule has 0 radical (unpaired) electrons. The molecule has 1 aliphatic rings. The molecule has 5 rings (SSSR count). The molecule has 162 valence electrons. The summed E-state index contributed by atoms with van der Waals surface area (Å²) >= 11 is 0. The molecular weight excluding hydrogens is 411 g/mol. The first-order chi connectivity index (χ1) is 15.6. The Hall–Kier alpha value is -3.85. The van der Waals surface area contributed by atoms with Crippen molar-refractivity contribution in [2.75, 3.05) is 13.2 Å². The highest BCUT2D eigenvalue weighted by molar-refractivity contribution is 5.98. The van der Waals surface area contributed by atoms with Crippen LogP contribution in [-0.4, -0.2) is 55.0 Å². The fraction of sp³-hybridized carbons (Fsp3) is 0.217. The van der Waals surface area contributed by atoms with Crippen molar-refractivity contribution >= 4 is 5.91 Å². The molecule has 1 fully saturated rings. The third-order valence-electron chi connectivity index (χ3n) is 5.42. The third kappa shape index (κ3) is 3.90. The second kappa shape index (κ2) is 8.35. The van der Waals surface area contributed by atoms with Crippen molar-refractivity contribution in [3.63, 3.8) is 0 Å². The summed E-state index contributed by atoms with van der Waals surface area (Å²) in [7, 11) is 0. The summed E-state index contributed by atoms with van der Waals surface area (Å²) in [4.78, 5) is 16.6. The molecule has 0 spiro atoms. The Morgan fingerprint density at radius 1 is 1.09 bits per heavy atom. The summed E-state index contributed by atoms with van der Waals surface area (Å²) in [5, 5.41) is 12.7. The molecule has 9 heteroatoms. The van der Waals surface area contributed by atoms with Gasteiger partial charge >= 0.3 is 0 Å². The van der Waals surface area contributed by atoms with E-state index in [4.69, 9.17) is 4.74 Å². The van der Waals surface area contributed by atoms with Crippen molar-refractivity contribution in [2.45, 2.75) is 19.7 Å². The fourth-order valence-electron chi connectivity index (χ4n) is 3.81. The highest BCUT2D eigenvalue weighted by atomic mass is 19.1. The monoisotopic (exact) mass is 432 g/mol. The molecule has 1 aliphatic heterocycles. The first kappa shape index (κ1) is 20.1. The number of carbonyl (C=O) groups excluding carboxylic acids is 1. The van der Waals surface area contributed by atoms with Crippen molar-refractivity contribution < 1.29 is 13.9 Å². The molecule has 3 heterocycles. The van der Waals surface area contributed by atoms with Gasteiger partial charge in [0.1, 0.15) is 5.82 Å². The lowest BCUT2D eigenvalue weighted by Crippen LogP contribution is -2.39. The number of aromatic nitrogens is 5. The van der Waals surface area contributed by atoms with E-state index in [1.165, 1.54) is 16.9 Å². The Morgan fingerprint density at radius 3 is 2.66 bits per heavy atom. The van der Waals surface area contributed by atoms with Crippen molar-refractivity contribution in [3.8, 4) is 16.8 Å². The van der Waals surface area contributed by atoms with Gasteiger partial charge in [-0.05, 0) is 36.8 Å². The maximum Gasteiger partial charge on any atom is 0.258 e. The predicted octanol–water partition coefficient (Wildman–Crippen LogP) is 3.08. The van der Waals surface area contributed by atoms with Crippen molar-refractivity contribution in [1.29, 1.82) is 0 Å². The lowest BCUT2D eigenvalue weighted by molar-refractivity contribution is 0.0172. The number of ether oxygens (including phenoxy) is 1. The van der Waals surface area contributed by atoms with Crippen LogP contribution in [0.3, 0.4) is 0 Å². The maximum atomic E-state index is 13.5. The van der Waals surface area contributed by atoms with Crippen LogP contribution in [0.25, 0.3) is 16.8 Å². The summed E-state index contributed by atoms with van der Waals surface area (Å²) in [5.41, 5.74) is 3.84. The normalized spacial score (nSPS) is 15.9. The third-order valence-corrected chi connectivity index (χ3v) is 5.42. The Bertz CT molecular complexity index is 1240. The first-order valence-electron chi connectivity index (χ1n) is 10.3. The second-order valence-electron chi connectivity index (χ2n) is 7.62. The van der Waals surface area contributed by atoms with Crippen molar-refractivity contribution in [3.05, 3.63) is 84.2 Å². The summed E-state index contributed by atoms with van der Waals surface area (Å²) < 4.78 is 20.8. The van der Waals surface area contributed by atoms with Gasteiger partial charge in [-0.25, -0.2) is 4.39 Å². The highest BCUT2D eigenvalue weighted by Crippen LogP contribution is 2.23. The van der Waals surface area contributed by atoms with Crippen LogP contribution >= 0.6 is 0 Å². The van der Waals surface area contributed by atoms with Gasteiger partial charge in [0, 0.05) is 18.3 Å². The van der Waals surface area contributed by atoms with Crippen LogP contribution in [0.5, 0.6) is 0 Å². The standard InChI is InChI=1S/C23H21FN6O2/c1-16-2-7-21(30-25-8-9-26-30)20(12-16)23(31)29-10-11-32-22(29)15-28-14-18(13-27-28)17-3-5-19(24)6-4-17/h2-9,12-14,22H,10-11,15H2,1H3. The molecule has 32 heavy (non-hydrogen) atoms. The molecule has 0 N–H and O–H groups in total. The largest absolute Gasteiger partial charge is 0.354 e. The van der Waals surface area contributed by atoms with Gasteiger partial charge in [-0.15, -0.1) is 0 Å². The van der Waals surface area contributed by atoms with E-state index >= 15 is 0 Å². The number of nitrogens with zero attached hydrogens (tertiary/aromatic N) is 6. The molecule has 1 amide bonds. The van der Waals surface area contributed by atoms with Crippen molar-refractivity contribution in [2.24, 2.45) is 0 Å². The van der Waals surface area contributed by atoms with Gasteiger partial charge in [0.05, 0.1) is 43.0 Å². The number of halogens is 1. The molecule has 1 saturated heterocycles. The SMILES string of the molecule is Cc1ccc(-n2nccn2)c(C(=O)N2CCOC2Cn2cc(-c3ccc(F)cc3)cn2)c1. The number of hydrogen-bond donors (Lipinski definition) is 0. The molecule has 8 nitrogen and oxygen atoms in total. The second-order valence-corrected chi connectivity index (χ2v) is 7.62. The molecule has 0 bridgehead atoms. The number of rotatable bonds is 5. The van der Waals surface area contributed by atoms with E-state index in [1.807, 2.05) is 31.3 Å². The van der Waals surface area contributed by atoms with Crippen LogP contribution in [0.2, 0.25) is 0 Å². The highest BCUT2D eigenvalue weighted by Gasteiger charge is 2.32. The summed E-state index contributed by atoms with van der Waals surface area (Å²) in [6.07, 6.45) is 6.28. The average molecular weight is 432 g/mol. The number of amides is 1. The Balaban J connectivity index is 1.37. The van der Waals surface area contributed by atoms with Crippen LogP contribution in [-0.2, 0) is 11.3 Å². The zero-order valence-electron chi connectivity index (χ0n) is 17.4. The molecule has 0 saturated carbocycles. The van der Waals surface area contributed by atoms with Gasteiger partial charge in [-0.1, -0.05) is 23.8 Å². The van der Waals surface area contributed by atoms with Gasteiger partial charge in [-0.2, -0.15) is 20.1 Å². The Kier molecular flexibility index (Phi) is 5.24. The van der Waals surface area contributed by atoms with E-state index in [9.17, 15) is 9.18 Å².